The molecule has 0 aromatic heterocycles. The average molecular weight is 516 g/mol. The topological polar surface area (TPSA) is 58.6 Å². The first-order chi connectivity index (χ1) is 14.3. The quantitative estimate of drug-likeness (QED) is 0.496. The van der Waals surface area contributed by atoms with Crippen LogP contribution in [0.2, 0.25) is 10.0 Å². The monoisotopic (exact) mass is 514 g/mol. The van der Waals surface area contributed by atoms with Gasteiger partial charge in [-0.15, -0.1) is 0 Å². The van der Waals surface area contributed by atoms with Gasteiger partial charge in [-0.05, 0) is 71.6 Å². The normalized spacial score (nSPS) is 11.7. The van der Waals surface area contributed by atoms with Gasteiger partial charge in [0, 0.05) is 13.1 Å². The van der Waals surface area contributed by atoms with Gasteiger partial charge in [-0.1, -0.05) is 42.3 Å². The Hall–Kier alpha value is -1.76. The zero-order valence-corrected chi connectivity index (χ0v) is 20.3. The van der Waals surface area contributed by atoms with Crippen molar-refractivity contribution in [1.82, 2.24) is 10.2 Å². The molecule has 30 heavy (non-hydrogen) atoms. The van der Waals surface area contributed by atoms with E-state index >= 15 is 0 Å². The van der Waals surface area contributed by atoms with Crippen LogP contribution in [0.25, 0.3) is 0 Å². The lowest BCUT2D eigenvalue weighted by Crippen LogP contribution is -2.49. The van der Waals surface area contributed by atoms with Gasteiger partial charge in [0.15, 0.2) is 6.61 Å². The maximum atomic E-state index is 13.0. The van der Waals surface area contributed by atoms with Gasteiger partial charge in [0.05, 0.1) is 14.5 Å². The summed E-state index contributed by atoms with van der Waals surface area (Å²) in [7, 11) is 0. The SMILES string of the molecule is CCNC(=O)C(C)N(Cc1ccc(Cl)c(Cl)c1)C(=O)COc1ccc(CC)cc1Br. The highest BCUT2D eigenvalue weighted by atomic mass is 79.9. The summed E-state index contributed by atoms with van der Waals surface area (Å²) in [4.78, 5) is 26.9. The smallest absolute Gasteiger partial charge is 0.261 e. The number of aryl methyl sites for hydroxylation is 1. The number of carbonyl (C=O) groups excluding carboxylic acids is 2. The number of halogens is 3. The van der Waals surface area contributed by atoms with Crippen molar-refractivity contribution in [3.05, 3.63) is 62.0 Å². The van der Waals surface area contributed by atoms with Crippen LogP contribution >= 0.6 is 39.1 Å². The van der Waals surface area contributed by atoms with Gasteiger partial charge in [-0.2, -0.15) is 0 Å². The maximum absolute atomic E-state index is 13.0. The number of ether oxygens (including phenoxy) is 1. The molecule has 162 valence electrons. The van der Waals surface area contributed by atoms with Crippen LogP contribution in [0.1, 0.15) is 31.9 Å². The summed E-state index contributed by atoms with van der Waals surface area (Å²) >= 11 is 15.6. The van der Waals surface area contributed by atoms with Crippen molar-refractivity contribution in [3.8, 4) is 5.75 Å². The molecule has 0 aliphatic heterocycles. The van der Waals surface area contributed by atoms with Crippen LogP contribution in [0.3, 0.4) is 0 Å². The van der Waals surface area contributed by atoms with Crippen molar-refractivity contribution < 1.29 is 14.3 Å². The fourth-order valence-corrected chi connectivity index (χ4v) is 3.70. The zero-order valence-electron chi connectivity index (χ0n) is 17.2. The van der Waals surface area contributed by atoms with E-state index in [9.17, 15) is 9.59 Å². The minimum Gasteiger partial charge on any atom is -0.483 e. The first-order valence-corrected chi connectivity index (χ1v) is 11.2. The summed E-state index contributed by atoms with van der Waals surface area (Å²) in [6.07, 6.45) is 0.902. The Morgan fingerprint density at radius 2 is 1.80 bits per heavy atom. The standard InChI is InChI=1S/C22H25BrCl2N2O3/c1-4-15-7-9-20(17(23)10-15)30-13-21(28)27(14(3)22(29)26-5-2)12-16-6-8-18(24)19(25)11-16/h6-11,14H,4-5,12-13H2,1-3H3,(H,26,29). The fourth-order valence-electron chi connectivity index (χ4n) is 2.84. The summed E-state index contributed by atoms with van der Waals surface area (Å²) in [5.41, 5.74) is 1.93. The minimum atomic E-state index is -0.679. The number of amides is 2. The van der Waals surface area contributed by atoms with Gasteiger partial charge in [-0.3, -0.25) is 9.59 Å². The molecule has 0 saturated carbocycles. The molecular formula is C22H25BrCl2N2O3. The Kier molecular flexibility index (Phi) is 9.46. The third kappa shape index (κ3) is 6.62. The lowest BCUT2D eigenvalue weighted by atomic mass is 10.1. The molecule has 0 radical (unpaired) electrons. The molecule has 1 N–H and O–H groups in total. The highest BCUT2D eigenvalue weighted by Gasteiger charge is 2.26. The first-order valence-electron chi connectivity index (χ1n) is 9.69. The maximum Gasteiger partial charge on any atom is 0.261 e. The number of benzene rings is 2. The molecule has 1 unspecified atom stereocenters. The van der Waals surface area contributed by atoms with Crippen LogP contribution in [0.5, 0.6) is 5.75 Å². The second-order valence-corrected chi connectivity index (χ2v) is 8.42. The molecule has 1 atom stereocenters. The summed E-state index contributed by atoms with van der Waals surface area (Å²) in [6.45, 7) is 6.06. The Labute approximate surface area is 195 Å². The molecule has 0 spiro atoms. The zero-order chi connectivity index (χ0) is 22.3. The van der Waals surface area contributed by atoms with E-state index in [1.54, 1.807) is 25.1 Å². The van der Waals surface area contributed by atoms with E-state index in [1.165, 1.54) is 4.90 Å². The van der Waals surface area contributed by atoms with Gasteiger partial charge >= 0.3 is 0 Å². The fraction of sp³-hybridized carbons (Fsp3) is 0.364. The summed E-state index contributed by atoms with van der Waals surface area (Å²) in [6, 6.07) is 10.2. The van der Waals surface area contributed by atoms with Crippen molar-refractivity contribution >= 4 is 50.9 Å². The predicted octanol–water partition coefficient (Wildman–Crippen LogP) is 5.25. The van der Waals surface area contributed by atoms with Crippen LogP contribution in [0.15, 0.2) is 40.9 Å². The molecular weight excluding hydrogens is 491 g/mol. The summed E-state index contributed by atoms with van der Waals surface area (Å²) in [5.74, 6) is 0.0198. The summed E-state index contributed by atoms with van der Waals surface area (Å²) in [5, 5.41) is 3.58. The third-order valence-electron chi connectivity index (χ3n) is 4.61. The highest BCUT2D eigenvalue weighted by molar-refractivity contribution is 9.10. The van der Waals surface area contributed by atoms with Gasteiger partial charge in [0.1, 0.15) is 11.8 Å². The lowest BCUT2D eigenvalue weighted by Gasteiger charge is -2.28. The molecule has 0 fully saturated rings. The van der Waals surface area contributed by atoms with E-state index in [2.05, 4.69) is 28.2 Å². The minimum absolute atomic E-state index is 0.199. The second-order valence-electron chi connectivity index (χ2n) is 6.75. The number of rotatable bonds is 9. The van der Waals surface area contributed by atoms with Crippen LogP contribution in [0, 0.1) is 0 Å². The molecule has 2 aromatic rings. The highest BCUT2D eigenvalue weighted by Crippen LogP contribution is 2.27. The van der Waals surface area contributed by atoms with Crippen molar-refractivity contribution in [2.24, 2.45) is 0 Å². The number of hydrogen-bond acceptors (Lipinski definition) is 3. The van der Waals surface area contributed by atoms with E-state index in [4.69, 9.17) is 27.9 Å². The van der Waals surface area contributed by atoms with Crippen molar-refractivity contribution in [2.45, 2.75) is 39.8 Å². The van der Waals surface area contributed by atoms with Crippen molar-refractivity contribution in [2.75, 3.05) is 13.2 Å². The number of likely N-dealkylation sites (N-methyl/N-ethyl adjacent to an activating group) is 1. The van der Waals surface area contributed by atoms with E-state index in [0.717, 1.165) is 22.0 Å². The van der Waals surface area contributed by atoms with Gasteiger partial charge in [0.2, 0.25) is 5.91 Å². The van der Waals surface area contributed by atoms with Gasteiger partial charge in [0.25, 0.3) is 5.91 Å². The van der Waals surface area contributed by atoms with Gasteiger partial charge < -0.3 is 15.0 Å². The number of carbonyl (C=O) groups is 2. The van der Waals surface area contributed by atoms with E-state index in [1.807, 2.05) is 25.1 Å². The van der Waals surface area contributed by atoms with E-state index in [0.29, 0.717) is 22.3 Å². The molecule has 0 heterocycles. The van der Waals surface area contributed by atoms with Crippen LogP contribution in [-0.2, 0) is 22.6 Å². The average Bonchev–Trinajstić information content (AvgIpc) is 2.72. The van der Waals surface area contributed by atoms with E-state index < -0.39 is 6.04 Å². The Balaban J connectivity index is 2.18. The number of nitrogens with zero attached hydrogens (tertiary/aromatic N) is 1. The van der Waals surface area contributed by atoms with Crippen LogP contribution < -0.4 is 10.1 Å². The molecule has 0 bridgehead atoms. The molecule has 2 aromatic carbocycles. The van der Waals surface area contributed by atoms with Crippen molar-refractivity contribution in [3.63, 3.8) is 0 Å². The summed E-state index contributed by atoms with van der Waals surface area (Å²) < 4.78 is 6.51. The first kappa shape index (κ1) is 24.5. The predicted molar refractivity (Wildman–Crippen MR) is 124 cm³/mol. The molecule has 0 saturated heterocycles. The Morgan fingerprint density at radius 1 is 1.10 bits per heavy atom. The Bertz CT molecular complexity index is 908. The van der Waals surface area contributed by atoms with E-state index in [-0.39, 0.29) is 25.0 Å². The lowest BCUT2D eigenvalue weighted by molar-refractivity contribution is -0.142. The molecule has 2 amide bonds. The molecule has 0 aliphatic carbocycles. The molecule has 0 aliphatic rings. The molecule has 8 heteroatoms. The van der Waals surface area contributed by atoms with Crippen LogP contribution in [-0.4, -0.2) is 35.9 Å². The number of hydrogen-bond donors (Lipinski definition) is 1. The van der Waals surface area contributed by atoms with Crippen LogP contribution in [0.4, 0.5) is 0 Å². The second kappa shape index (κ2) is 11.6. The Morgan fingerprint density at radius 3 is 2.40 bits per heavy atom. The third-order valence-corrected chi connectivity index (χ3v) is 5.97. The number of nitrogens with one attached hydrogen (secondary N) is 1. The largest absolute Gasteiger partial charge is 0.483 e. The van der Waals surface area contributed by atoms with Crippen molar-refractivity contribution in [1.29, 1.82) is 0 Å². The molecule has 5 nitrogen and oxygen atoms in total. The molecule has 2 rings (SSSR count). The van der Waals surface area contributed by atoms with Gasteiger partial charge in [-0.25, -0.2) is 0 Å².